The van der Waals surface area contributed by atoms with Crippen LogP contribution in [0.1, 0.15) is 64.9 Å². The first-order valence-electron chi connectivity index (χ1n) is 8.75. The summed E-state index contributed by atoms with van der Waals surface area (Å²) in [4.78, 5) is 0. The molecule has 0 spiro atoms. The van der Waals surface area contributed by atoms with Crippen LogP contribution in [0.15, 0.2) is 24.3 Å². The summed E-state index contributed by atoms with van der Waals surface area (Å²) in [5.41, 5.74) is 1.40. The Morgan fingerprint density at radius 1 is 0.700 bits per heavy atom. The van der Waals surface area contributed by atoms with Gasteiger partial charge in [0.2, 0.25) is 0 Å². The van der Waals surface area contributed by atoms with E-state index in [1.54, 1.807) is 5.30 Å². The van der Waals surface area contributed by atoms with Crippen LogP contribution in [0.25, 0.3) is 0 Å². The Morgan fingerprint density at radius 3 is 1.45 bits per heavy atom. The van der Waals surface area contributed by atoms with E-state index in [9.17, 15) is 0 Å². The third-order valence-electron chi connectivity index (χ3n) is 4.69. The summed E-state index contributed by atoms with van der Waals surface area (Å²) in [7, 11) is -1.26. The Hall–Kier alpha value is -0.350. The van der Waals surface area contributed by atoms with Gasteiger partial charge in [-0.2, -0.15) is 0 Å². The molecule has 0 saturated carbocycles. The molecule has 0 aromatic heterocycles. The van der Waals surface area contributed by atoms with Crippen LogP contribution in [-0.4, -0.2) is 18.5 Å². The van der Waals surface area contributed by atoms with Crippen LogP contribution in [0.2, 0.25) is 0 Å². The SMILES string of the molecule is CCCC[PH](CCCC)(CCCC)c1ccc(C)cc1. The van der Waals surface area contributed by atoms with E-state index in [2.05, 4.69) is 52.0 Å². The van der Waals surface area contributed by atoms with Crippen molar-refractivity contribution in [2.75, 3.05) is 18.5 Å². The van der Waals surface area contributed by atoms with E-state index in [1.165, 1.54) is 62.6 Å². The summed E-state index contributed by atoms with van der Waals surface area (Å²) >= 11 is 0. The third kappa shape index (κ3) is 5.21. The Kier molecular flexibility index (Phi) is 8.46. The van der Waals surface area contributed by atoms with Crippen molar-refractivity contribution in [3.8, 4) is 0 Å². The minimum absolute atomic E-state index is 1.26. The van der Waals surface area contributed by atoms with Crippen LogP contribution in [0.5, 0.6) is 0 Å². The molecule has 1 aromatic rings. The second-order valence-electron chi connectivity index (χ2n) is 6.46. The molecular weight excluding hydrogens is 259 g/mol. The first-order valence-corrected chi connectivity index (χ1v) is 11.4. The molecule has 20 heavy (non-hydrogen) atoms. The number of unbranched alkanes of at least 4 members (excludes halogenated alkanes) is 3. The van der Waals surface area contributed by atoms with Gasteiger partial charge in [0.1, 0.15) is 0 Å². The van der Waals surface area contributed by atoms with E-state index >= 15 is 0 Å². The topological polar surface area (TPSA) is 0 Å². The second kappa shape index (κ2) is 9.56. The molecule has 0 unspecified atom stereocenters. The number of aryl methyl sites for hydroxylation is 1. The van der Waals surface area contributed by atoms with Crippen molar-refractivity contribution in [2.24, 2.45) is 0 Å². The molecule has 0 bridgehead atoms. The van der Waals surface area contributed by atoms with Gasteiger partial charge in [0, 0.05) is 0 Å². The van der Waals surface area contributed by atoms with Crippen molar-refractivity contribution in [2.45, 2.75) is 66.2 Å². The quantitative estimate of drug-likeness (QED) is 0.480. The van der Waals surface area contributed by atoms with Gasteiger partial charge in [-0.1, -0.05) is 0 Å². The molecule has 0 N–H and O–H groups in total. The van der Waals surface area contributed by atoms with E-state index in [4.69, 9.17) is 0 Å². The fraction of sp³-hybridized carbons (Fsp3) is 0.684. The summed E-state index contributed by atoms with van der Waals surface area (Å²) in [6, 6.07) is 9.59. The standard InChI is InChI=1S/C19H35P/c1-5-8-15-20(16-9-6-2,17-10-7-3)19-13-11-18(4)12-14-19/h11-14,20H,5-10,15-17H2,1-4H3. The van der Waals surface area contributed by atoms with Crippen LogP contribution >= 0.6 is 7.26 Å². The molecule has 0 fully saturated rings. The van der Waals surface area contributed by atoms with Crippen molar-refractivity contribution >= 4 is 12.6 Å². The van der Waals surface area contributed by atoms with Crippen LogP contribution in [0.4, 0.5) is 0 Å². The number of hydrogen-bond acceptors (Lipinski definition) is 0. The van der Waals surface area contributed by atoms with Crippen molar-refractivity contribution < 1.29 is 0 Å². The molecule has 0 nitrogen and oxygen atoms in total. The average Bonchev–Trinajstić information content (AvgIpc) is 2.48. The van der Waals surface area contributed by atoms with Gasteiger partial charge in [-0.25, -0.2) is 0 Å². The van der Waals surface area contributed by atoms with E-state index in [-0.39, 0.29) is 0 Å². The fourth-order valence-corrected chi connectivity index (χ4v) is 8.84. The molecule has 0 aliphatic rings. The maximum atomic E-state index is 2.46. The molecule has 0 heterocycles. The molecule has 0 amide bonds. The number of benzene rings is 1. The predicted molar refractivity (Wildman–Crippen MR) is 98.5 cm³/mol. The summed E-state index contributed by atoms with van der Waals surface area (Å²) < 4.78 is 0. The minimum atomic E-state index is -1.26. The van der Waals surface area contributed by atoms with Crippen molar-refractivity contribution in [3.05, 3.63) is 29.8 Å². The van der Waals surface area contributed by atoms with E-state index < -0.39 is 7.26 Å². The van der Waals surface area contributed by atoms with Gasteiger partial charge in [0.25, 0.3) is 0 Å². The molecule has 1 rings (SSSR count). The van der Waals surface area contributed by atoms with Gasteiger partial charge >= 0.3 is 127 Å². The Balaban J connectivity index is 3.00. The zero-order valence-corrected chi connectivity index (χ0v) is 15.2. The van der Waals surface area contributed by atoms with E-state index in [0.717, 1.165) is 0 Å². The van der Waals surface area contributed by atoms with Gasteiger partial charge in [0.15, 0.2) is 0 Å². The molecule has 1 heteroatoms. The van der Waals surface area contributed by atoms with Gasteiger partial charge < -0.3 is 0 Å². The molecule has 116 valence electrons. The van der Waals surface area contributed by atoms with Crippen molar-refractivity contribution in [1.29, 1.82) is 0 Å². The second-order valence-corrected chi connectivity index (χ2v) is 11.1. The monoisotopic (exact) mass is 294 g/mol. The van der Waals surface area contributed by atoms with E-state index in [0.29, 0.717) is 0 Å². The Morgan fingerprint density at radius 2 is 1.10 bits per heavy atom. The summed E-state index contributed by atoms with van der Waals surface area (Å²) in [5.74, 6) is 0. The fourth-order valence-electron chi connectivity index (χ4n) is 3.26. The molecule has 0 radical (unpaired) electrons. The molecular formula is C19H35P. The molecule has 1 aromatic carbocycles. The van der Waals surface area contributed by atoms with Gasteiger partial charge in [-0.3, -0.25) is 0 Å². The number of hydrogen-bond donors (Lipinski definition) is 0. The molecule has 0 atom stereocenters. The molecule has 0 aliphatic heterocycles. The average molecular weight is 294 g/mol. The molecule has 0 aliphatic carbocycles. The van der Waals surface area contributed by atoms with Gasteiger partial charge in [0.05, 0.1) is 0 Å². The van der Waals surface area contributed by atoms with Gasteiger partial charge in [-0.05, 0) is 0 Å². The Labute approximate surface area is 127 Å². The van der Waals surface area contributed by atoms with Crippen LogP contribution < -0.4 is 5.30 Å². The Bertz CT molecular complexity index is 331. The van der Waals surface area contributed by atoms with Crippen molar-refractivity contribution in [3.63, 3.8) is 0 Å². The predicted octanol–water partition coefficient (Wildman–Crippen LogP) is 5.77. The normalized spacial score (nSPS) is 12.6. The molecule has 0 saturated heterocycles. The first kappa shape index (κ1) is 17.7. The third-order valence-corrected chi connectivity index (χ3v) is 10.2. The number of rotatable bonds is 10. The van der Waals surface area contributed by atoms with E-state index in [1.807, 2.05) is 0 Å². The summed E-state index contributed by atoms with van der Waals surface area (Å²) in [6.45, 7) is 9.23. The van der Waals surface area contributed by atoms with Gasteiger partial charge in [-0.15, -0.1) is 0 Å². The zero-order valence-electron chi connectivity index (χ0n) is 14.2. The van der Waals surface area contributed by atoms with Crippen LogP contribution in [0.3, 0.4) is 0 Å². The maximum absolute atomic E-state index is 2.46. The summed E-state index contributed by atoms with van der Waals surface area (Å²) in [5, 5.41) is 1.73. The van der Waals surface area contributed by atoms with Crippen LogP contribution in [0, 0.1) is 6.92 Å². The van der Waals surface area contributed by atoms with Crippen molar-refractivity contribution in [1.82, 2.24) is 0 Å². The van der Waals surface area contributed by atoms with Crippen LogP contribution in [-0.2, 0) is 0 Å². The first-order chi connectivity index (χ1) is 9.68. The zero-order chi connectivity index (χ0) is 14.8. The summed E-state index contributed by atoms with van der Waals surface area (Å²) in [6.07, 6.45) is 12.8.